The lowest BCUT2D eigenvalue weighted by molar-refractivity contribution is 0.174. The molecule has 6 nitrogen and oxygen atoms in total. The van der Waals surface area contributed by atoms with E-state index < -0.39 is 0 Å². The molecule has 1 atom stereocenters. The number of rotatable bonds is 5. The number of fused-ring (bicyclic) bond motifs is 1. The lowest BCUT2D eigenvalue weighted by Gasteiger charge is -2.15. The van der Waals surface area contributed by atoms with Crippen LogP contribution in [0.1, 0.15) is 35.2 Å². The number of hydrogen-bond acceptors (Lipinski definition) is 6. The summed E-state index contributed by atoms with van der Waals surface area (Å²) < 4.78 is 16.8. The maximum absolute atomic E-state index is 5.95. The highest BCUT2D eigenvalue weighted by molar-refractivity contribution is 5.44. The summed E-state index contributed by atoms with van der Waals surface area (Å²) in [5.41, 5.74) is 2.42. The Morgan fingerprint density at radius 1 is 0.963 bits per heavy atom. The van der Waals surface area contributed by atoms with Gasteiger partial charge in [0.15, 0.2) is 11.5 Å². The van der Waals surface area contributed by atoms with Crippen LogP contribution in [-0.2, 0) is 13.0 Å². The van der Waals surface area contributed by atoms with Crippen LogP contribution in [-0.4, -0.2) is 35.0 Å². The average Bonchev–Trinajstić information content (AvgIpc) is 3.43. The molecule has 1 fully saturated rings. The third kappa shape index (κ3) is 3.53. The highest BCUT2D eigenvalue weighted by atomic mass is 16.7. The van der Waals surface area contributed by atoms with Crippen molar-refractivity contribution >= 4 is 0 Å². The summed E-state index contributed by atoms with van der Waals surface area (Å²) in [6.07, 6.45) is 1.72. The van der Waals surface area contributed by atoms with Gasteiger partial charge in [0.25, 0.3) is 0 Å². The maximum atomic E-state index is 5.95. The first-order valence-electron chi connectivity index (χ1n) is 9.30. The van der Waals surface area contributed by atoms with Gasteiger partial charge in [-0.05, 0) is 36.2 Å². The Bertz CT molecular complexity index is 925. The zero-order valence-electron chi connectivity index (χ0n) is 15.0. The van der Waals surface area contributed by atoms with Crippen molar-refractivity contribution < 1.29 is 13.9 Å². The number of hydrogen-bond donors (Lipinski definition) is 0. The molecule has 0 bridgehead atoms. The standard InChI is InChI=1S/C21H21N3O3/c1-2-4-15(5-3-1)11-20-22-23-21(27-20)17-8-9-24(13-17)12-16-6-7-18-19(10-16)26-14-25-18/h1-7,10,17H,8-9,11-14H2. The Balaban J connectivity index is 1.21. The summed E-state index contributed by atoms with van der Waals surface area (Å²) in [6.45, 7) is 3.15. The summed E-state index contributed by atoms with van der Waals surface area (Å²) in [6, 6.07) is 16.4. The molecule has 1 saturated heterocycles. The fourth-order valence-corrected chi connectivity index (χ4v) is 3.75. The normalized spacial score (nSPS) is 18.9. The Labute approximate surface area is 157 Å². The van der Waals surface area contributed by atoms with E-state index >= 15 is 0 Å². The van der Waals surface area contributed by atoms with E-state index in [0.717, 1.165) is 43.4 Å². The van der Waals surface area contributed by atoms with Crippen LogP contribution in [0, 0.1) is 0 Å². The van der Waals surface area contributed by atoms with Crippen molar-refractivity contribution in [1.29, 1.82) is 0 Å². The van der Waals surface area contributed by atoms with Crippen molar-refractivity contribution in [2.75, 3.05) is 19.9 Å². The van der Waals surface area contributed by atoms with Crippen molar-refractivity contribution in [2.24, 2.45) is 0 Å². The van der Waals surface area contributed by atoms with Crippen molar-refractivity contribution in [3.8, 4) is 11.5 Å². The van der Waals surface area contributed by atoms with Crippen LogP contribution in [0.5, 0.6) is 11.5 Å². The first kappa shape index (κ1) is 16.3. The fourth-order valence-electron chi connectivity index (χ4n) is 3.75. The largest absolute Gasteiger partial charge is 0.454 e. The fraction of sp³-hybridized carbons (Fsp3) is 0.333. The lowest BCUT2D eigenvalue weighted by atomic mass is 10.1. The Kier molecular flexibility index (Phi) is 4.26. The molecule has 3 heterocycles. The van der Waals surface area contributed by atoms with Gasteiger partial charge in [-0.2, -0.15) is 0 Å². The van der Waals surface area contributed by atoms with E-state index in [4.69, 9.17) is 13.9 Å². The highest BCUT2D eigenvalue weighted by Crippen LogP contribution is 2.34. The van der Waals surface area contributed by atoms with Crippen molar-refractivity contribution in [3.63, 3.8) is 0 Å². The molecule has 3 aromatic rings. The zero-order chi connectivity index (χ0) is 18.1. The molecule has 1 unspecified atom stereocenters. The predicted octanol–water partition coefficient (Wildman–Crippen LogP) is 3.38. The molecule has 6 heteroatoms. The van der Waals surface area contributed by atoms with E-state index in [0.29, 0.717) is 25.0 Å². The lowest BCUT2D eigenvalue weighted by Crippen LogP contribution is -2.19. The predicted molar refractivity (Wildman–Crippen MR) is 98.7 cm³/mol. The van der Waals surface area contributed by atoms with Gasteiger partial charge in [0.2, 0.25) is 18.6 Å². The quantitative estimate of drug-likeness (QED) is 0.693. The molecule has 27 heavy (non-hydrogen) atoms. The Hall–Kier alpha value is -2.86. The molecule has 2 aliphatic heterocycles. The summed E-state index contributed by atoms with van der Waals surface area (Å²) in [7, 11) is 0. The molecule has 0 radical (unpaired) electrons. The average molecular weight is 363 g/mol. The number of aromatic nitrogens is 2. The van der Waals surface area contributed by atoms with Gasteiger partial charge in [-0.25, -0.2) is 0 Å². The van der Waals surface area contributed by atoms with E-state index in [1.807, 2.05) is 24.3 Å². The molecular weight excluding hydrogens is 342 g/mol. The van der Waals surface area contributed by atoms with Crippen molar-refractivity contribution in [3.05, 3.63) is 71.4 Å². The Morgan fingerprint density at radius 3 is 2.78 bits per heavy atom. The van der Waals surface area contributed by atoms with E-state index in [1.165, 1.54) is 11.1 Å². The SMILES string of the molecule is c1ccc(Cc2nnc(C3CCN(Cc4ccc5c(c4)OCO5)C3)o2)cc1. The first-order chi connectivity index (χ1) is 13.3. The minimum Gasteiger partial charge on any atom is -0.454 e. The third-order valence-corrected chi connectivity index (χ3v) is 5.15. The molecule has 0 saturated carbocycles. The van der Waals surface area contributed by atoms with Crippen LogP contribution in [0.15, 0.2) is 52.9 Å². The molecule has 138 valence electrons. The second kappa shape index (κ2) is 7.04. The molecule has 1 aromatic heterocycles. The molecule has 5 rings (SSSR count). The van der Waals surface area contributed by atoms with Gasteiger partial charge < -0.3 is 13.9 Å². The van der Waals surface area contributed by atoms with Crippen LogP contribution in [0.25, 0.3) is 0 Å². The van der Waals surface area contributed by atoms with Crippen molar-refractivity contribution in [2.45, 2.75) is 25.3 Å². The summed E-state index contributed by atoms with van der Waals surface area (Å²) in [4.78, 5) is 2.42. The molecule has 0 aliphatic carbocycles. The number of benzene rings is 2. The second-order valence-electron chi connectivity index (χ2n) is 7.10. The zero-order valence-corrected chi connectivity index (χ0v) is 15.0. The second-order valence-corrected chi connectivity index (χ2v) is 7.10. The summed E-state index contributed by atoms with van der Waals surface area (Å²) in [5, 5.41) is 8.54. The highest BCUT2D eigenvalue weighted by Gasteiger charge is 2.28. The van der Waals surface area contributed by atoms with E-state index in [-0.39, 0.29) is 0 Å². The van der Waals surface area contributed by atoms with Gasteiger partial charge in [-0.3, -0.25) is 4.90 Å². The van der Waals surface area contributed by atoms with E-state index in [2.05, 4.69) is 39.4 Å². The van der Waals surface area contributed by atoms with Crippen molar-refractivity contribution in [1.82, 2.24) is 15.1 Å². The van der Waals surface area contributed by atoms with Crippen LogP contribution in [0.2, 0.25) is 0 Å². The minimum absolute atomic E-state index is 0.302. The monoisotopic (exact) mass is 363 g/mol. The molecular formula is C21H21N3O3. The van der Waals surface area contributed by atoms with Crippen LogP contribution in [0.4, 0.5) is 0 Å². The van der Waals surface area contributed by atoms with Crippen LogP contribution in [0.3, 0.4) is 0 Å². The van der Waals surface area contributed by atoms with E-state index in [9.17, 15) is 0 Å². The number of nitrogens with zero attached hydrogens (tertiary/aromatic N) is 3. The van der Waals surface area contributed by atoms with Crippen LogP contribution < -0.4 is 9.47 Å². The maximum Gasteiger partial charge on any atom is 0.231 e. The molecule has 2 aromatic carbocycles. The van der Waals surface area contributed by atoms with Crippen LogP contribution >= 0.6 is 0 Å². The van der Waals surface area contributed by atoms with Gasteiger partial charge in [-0.15, -0.1) is 10.2 Å². The molecule has 0 spiro atoms. The van der Waals surface area contributed by atoms with Gasteiger partial charge in [0, 0.05) is 13.1 Å². The third-order valence-electron chi connectivity index (χ3n) is 5.15. The first-order valence-corrected chi connectivity index (χ1v) is 9.30. The summed E-state index contributed by atoms with van der Waals surface area (Å²) >= 11 is 0. The molecule has 0 amide bonds. The summed E-state index contributed by atoms with van der Waals surface area (Å²) in [5.74, 6) is 3.41. The van der Waals surface area contributed by atoms with E-state index in [1.54, 1.807) is 0 Å². The van der Waals surface area contributed by atoms with Gasteiger partial charge in [-0.1, -0.05) is 36.4 Å². The molecule has 0 N–H and O–H groups in total. The minimum atomic E-state index is 0.302. The van der Waals surface area contributed by atoms with Gasteiger partial charge in [0.05, 0.1) is 12.3 Å². The smallest absolute Gasteiger partial charge is 0.231 e. The number of likely N-dealkylation sites (tertiary alicyclic amines) is 1. The molecule has 2 aliphatic rings. The number of ether oxygens (including phenoxy) is 2. The van der Waals surface area contributed by atoms with Gasteiger partial charge in [0.1, 0.15) is 0 Å². The topological polar surface area (TPSA) is 60.6 Å². The Morgan fingerprint density at radius 2 is 1.85 bits per heavy atom. The van der Waals surface area contributed by atoms with Gasteiger partial charge >= 0.3 is 0 Å².